The van der Waals surface area contributed by atoms with E-state index in [4.69, 9.17) is 0 Å². The minimum atomic E-state index is -2.85. The Bertz CT molecular complexity index is 587. The number of benzene rings is 1. The molecular weight excluding hydrogens is 332 g/mol. The van der Waals surface area contributed by atoms with E-state index in [0.29, 0.717) is 39.3 Å². The number of amides is 2. The normalized spacial score (nSPS) is 15.3. The van der Waals surface area contributed by atoms with Gasteiger partial charge in [-0.05, 0) is 17.7 Å². The first kappa shape index (κ1) is 19.1. The highest BCUT2D eigenvalue weighted by Crippen LogP contribution is 2.16. The molecule has 0 radical (unpaired) electrons. The monoisotopic (exact) mass is 355 g/mol. The molecule has 25 heavy (non-hydrogen) atoms. The van der Waals surface area contributed by atoms with Crippen molar-refractivity contribution in [3.8, 4) is 5.75 Å². The van der Waals surface area contributed by atoms with Crippen molar-refractivity contribution in [2.75, 3.05) is 39.8 Å². The van der Waals surface area contributed by atoms with Gasteiger partial charge in [0.05, 0.1) is 6.54 Å². The maximum atomic E-state index is 12.3. The first-order chi connectivity index (χ1) is 11.8. The van der Waals surface area contributed by atoms with Crippen LogP contribution in [0, 0.1) is 0 Å². The second-order valence-corrected chi connectivity index (χ2v) is 6.05. The van der Waals surface area contributed by atoms with Crippen LogP contribution in [0.2, 0.25) is 0 Å². The third kappa shape index (κ3) is 5.97. The summed E-state index contributed by atoms with van der Waals surface area (Å²) in [5, 5.41) is 0. The standard InChI is InChI=1S/C17H23F2N3O3/c1-13(23)22-9-7-21(8-10-22)12-16(24)20(2)11-14-3-5-15(6-4-14)25-17(18)19/h3-6,17H,7-12H2,1-2H3. The van der Waals surface area contributed by atoms with Gasteiger partial charge in [0.15, 0.2) is 0 Å². The van der Waals surface area contributed by atoms with Crippen LogP contribution in [0.15, 0.2) is 24.3 Å². The molecule has 2 amide bonds. The lowest BCUT2D eigenvalue weighted by Gasteiger charge is -2.34. The summed E-state index contributed by atoms with van der Waals surface area (Å²) in [6.07, 6.45) is 0. The van der Waals surface area contributed by atoms with Gasteiger partial charge in [-0.1, -0.05) is 12.1 Å². The lowest BCUT2D eigenvalue weighted by molar-refractivity contribution is -0.133. The summed E-state index contributed by atoms with van der Waals surface area (Å²) in [7, 11) is 1.71. The lowest BCUT2D eigenvalue weighted by Crippen LogP contribution is -2.50. The number of carbonyl (C=O) groups excluding carboxylic acids is 2. The molecule has 1 saturated heterocycles. The minimum Gasteiger partial charge on any atom is -0.435 e. The number of carbonyl (C=O) groups is 2. The van der Waals surface area contributed by atoms with Gasteiger partial charge >= 0.3 is 6.61 Å². The first-order valence-corrected chi connectivity index (χ1v) is 8.10. The van der Waals surface area contributed by atoms with Crippen LogP contribution >= 0.6 is 0 Å². The molecule has 0 bridgehead atoms. The van der Waals surface area contributed by atoms with E-state index in [1.807, 2.05) is 4.90 Å². The molecular formula is C17H23F2N3O3. The van der Waals surface area contributed by atoms with Crippen LogP contribution in [0.5, 0.6) is 5.75 Å². The van der Waals surface area contributed by atoms with E-state index in [9.17, 15) is 18.4 Å². The summed E-state index contributed by atoms with van der Waals surface area (Å²) in [5.41, 5.74) is 0.832. The Kier molecular flexibility index (Phi) is 6.69. The Labute approximate surface area is 145 Å². The first-order valence-electron chi connectivity index (χ1n) is 8.10. The topological polar surface area (TPSA) is 53.1 Å². The summed E-state index contributed by atoms with van der Waals surface area (Å²) in [4.78, 5) is 29.0. The van der Waals surface area contributed by atoms with Crippen molar-refractivity contribution >= 4 is 11.8 Å². The van der Waals surface area contributed by atoms with E-state index >= 15 is 0 Å². The molecule has 0 unspecified atom stereocenters. The van der Waals surface area contributed by atoms with E-state index in [-0.39, 0.29) is 17.6 Å². The second kappa shape index (κ2) is 8.75. The van der Waals surface area contributed by atoms with E-state index in [2.05, 4.69) is 4.74 Å². The smallest absolute Gasteiger partial charge is 0.387 e. The number of rotatable bonds is 6. The van der Waals surface area contributed by atoms with E-state index in [0.717, 1.165) is 5.56 Å². The van der Waals surface area contributed by atoms with Gasteiger partial charge in [-0.2, -0.15) is 8.78 Å². The molecule has 8 heteroatoms. The molecule has 1 fully saturated rings. The maximum Gasteiger partial charge on any atom is 0.387 e. The zero-order valence-corrected chi connectivity index (χ0v) is 14.5. The molecule has 1 aromatic carbocycles. The van der Waals surface area contributed by atoms with Gasteiger partial charge in [0.2, 0.25) is 11.8 Å². The summed E-state index contributed by atoms with van der Waals surface area (Å²) in [6.45, 7) is 2.02. The van der Waals surface area contributed by atoms with Crippen molar-refractivity contribution in [2.45, 2.75) is 20.1 Å². The van der Waals surface area contributed by atoms with Crippen LogP contribution in [-0.4, -0.2) is 72.9 Å². The van der Waals surface area contributed by atoms with Gasteiger partial charge < -0.3 is 14.5 Å². The number of likely N-dealkylation sites (N-methyl/N-ethyl adjacent to an activating group) is 1. The third-order valence-corrected chi connectivity index (χ3v) is 4.17. The SMILES string of the molecule is CC(=O)N1CCN(CC(=O)N(C)Cc2ccc(OC(F)F)cc2)CC1. The minimum absolute atomic E-state index is 0.0239. The van der Waals surface area contributed by atoms with Crippen LogP contribution in [0.3, 0.4) is 0 Å². The average molecular weight is 355 g/mol. The number of piperazine rings is 1. The van der Waals surface area contributed by atoms with E-state index in [1.165, 1.54) is 12.1 Å². The second-order valence-electron chi connectivity index (χ2n) is 6.05. The third-order valence-electron chi connectivity index (χ3n) is 4.17. The summed E-state index contributed by atoms with van der Waals surface area (Å²) < 4.78 is 28.6. The molecule has 138 valence electrons. The maximum absolute atomic E-state index is 12.3. The van der Waals surface area contributed by atoms with Crippen molar-refractivity contribution in [1.82, 2.24) is 14.7 Å². The van der Waals surface area contributed by atoms with Crippen molar-refractivity contribution in [2.24, 2.45) is 0 Å². The molecule has 1 aliphatic heterocycles. The molecule has 1 aromatic rings. The number of ether oxygens (including phenoxy) is 1. The highest BCUT2D eigenvalue weighted by atomic mass is 19.3. The number of halogens is 2. The Balaban J connectivity index is 1.79. The van der Waals surface area contributed by atoms with Crippen LogP contribution in [0.4, 0.5) is 8.78 Å². The Morgan fingerprint density at radius 3 is 2.28 bits per heavy atom. The zero-order chi connectivity index (χ0) is 18.4. The average Bonchev–Trinajstić information content (AvgIpc) is 2.56. The van der Waals surface area contributed by atoms with E-state index in [1.54, 1.807) is 35.9 Å². The number of hydrogen-bond acceptors (Lipinski definition) is 4. The van der Waals surface area contributed by atoms with Crippen molar-refractivity contribution < 1.29 is 23.1 Å². The predicted molar refractivity (Wildman–Crippen MR) is 88.2 cm³/mol. The fraction of sp³-hybridized carbons (Fsp3) is 0.529. The molecule has 2 rings (SSSR count). The summed E-state index contributed by atoms with van der Waals surface area (Å²) in [5.74, 6) is 0.127. The number of hydrogen-bond donors (Lipinski definition) is 0. The predicted octanol–water partition coefficient (Wildman–Crippen LogP) is 1.41. The largest absolute Gasteiger partial charge is 0.435 e. The molecule has 0 spiro atoms. The van der Waals surface area contributed by atoms with Crippen molar-refractivity contribution in [1.29, 1.82) is 0 Å². The Hall–Kier alpha value is -2.22. The van der Waals surface area contributed by atoms with Gasteiger partial charge in [-0.15, -0.1) is 0 Å². The highest BCUT2D eigenvalue weighted by Gasteiger charge is 2.21. The fourth-order valence-corrected chi connectivity index (χ4v) is 2.67. The quantitative estimate of drug-likeness (QED) is 0.774. The molecule has 0 aliphatic carbocycles. The van der Waals surface area contributed by atoms with Gasteiger partial charge in [0, 0.05) is 46.7 Å². The van der Waals surface area contributed by atoms with E-state index < -0.39 is 6.61 Å². The van der Waals surface area contributed by atoms with Crippen molar-refractivity contribution in [3.05, 3.63) is 29.8 Å². The van der Waals surface area contributed by atoms with Crippen LogP contribution in [0.25, 0.3) is 0 Å². The molecule has 0 atom stereocenters. The van der Waals surface area contributed by atoms with Crippen LogP contribution in [-0.2, 0) is 16.1 Å². The van der Waals surface area contributed by atoms with Gasteiger partial charge in [0.1, 0.15) is 5.75 Å². The summed E-state index contributed by atoms with van der Waals surface area (Å²) >= 11 is 0. The molecule has 0 N–H and O–H groups in total. The Morgan fingerprint density at radius 1 is 1.16 bits per heavy atom. The summed E-state index contributed by atoms with van der Waals surface area (Å²) in [6, 6.07) is 6.24. The number of nitrogens with zero attached hydrogens (tertiary/aromatic N) is 3. The van der Waals surface area contributed by atoms with Crippen molar-refractivity contribution in [3.63, 3.8) is 0 Å². The van der Waals surface area contributed by atoms with Gasteiger partial charge in [-0.25, -0.2) is 0 Å². The molecule has 0 saturated carbocycles. The van der Waals surface area contributed by atoms with Crippen LogP contribution in [0.1, 0.15) is 12.5 Å². The lowest BCUT2D eigenvalue weighted by atomic mass is 10.2. The van der Waals surface area contributed by atoms with Gasteiger partial charge in [0.25, 0.3) is 0 Å². The Morgan fingerprint density at radius 2 is 1.76 bits per heavy atom. The number of alkyl halides is 2. The molecule has 6 nitrogen and oxygen atoms in total. The molecule has 1 aliphatic rings. The fourth-order valence-electron chi connectivity index (χ4n) is 2.67. The zero-order valence-electron chi connectivity index (χ0n) is 14.5. The van der Waals surface area contributed by atoms with Crippen LogP contribution < -0.4 is 4.74 Å². The molecule has 0 aromatic heterocycles. The highest BCUT2D eigenvalue weighted by molar-refractivity contribution is 5.78. The molecule has 1 heterocycles. The van der Waals surface area contributed by atoms with Gasteiger partial charge in [-0.3, -0.25) is 14.5 Å².